The van der Waals surface area contributed by atoms with E-state index in [0.717, 1.165) is 0 Å². The van der Waals surface area contributed by atoms with Crippen molar-refractivity contribution in [2.45, 2.75) is 0 Å². The summed E-state index contributed by atoms with van der Waals surface area (Å²) in [7, 11) is 1.28. The number of fused-ring (bicyclic) bond motifs is 1. The van der Waals surface area contributed by atoms with Crippen LogP contribution in [-0.4, -0.2) is 18.1 Å². The minimum Gasteiger partial charge on any atom is -0.465 e. The number of rotatable bonds is 2. The fourth-order valence-electron chi connectivity index (χ4n) is 2.10. The Morgan fingerprint density at radius 2 is 2.16 bits per heavy atom. The fourth-order valence-corrected chi connectivity index (χ4v) is 2.10. The zero-order chi connectivity index (χ0) is 13.4. The third kappa shape index (κ3) is 1.71. The van der Waals surface area contributed by atoms with Gasteiger partial charge in [0.1, 0.15) is 5.82 Å². The van der Waals surface area contributed by atoms with E-state index in [1.165, 1.54) is 19.4 Å². The molecule has 0 fully saturated rings. The molecule has 1 N–H and O–H groups in total. The van der Waals surface area contributed by atoms with Gasteiger partial charge in [-0.3, -0.25) is 0 Å². The van der Waals surface area contributed by atoms with Gasteiger partial charge in [-0.05, 0) is 18.2 Å². The molecule has 0 spiro atoms. The highest BCUT2D eigenvalue weighted by atomic mass is 19.1. The van der Waals surface area contributed by atoms with Gasteiger partial charge in [0.2, 0.25) is 0 Å². The molecule has 0 bridgehead atoms. The number of carbonyl (C=O) groups is 1. The number of esters is 1. The van der Waals surface area contributed by atoms with Gasteiger partial charge in [-0.2, -0.15) is 0 Å². The summed E-state index contributed by atoms with van der Waals surface area (Å²) < 4.78 is 23.8. The van der Waals surface area contributed by atoms with Crippen LogP contribution in [0.25, 0.3) is 22.4 Å². The maximum atomic E-state index is 13.8. The van der Waals surface area contributed by atoms with Crippen LogP contribution in [0.4, 0.5) is 4.39 Å². The second-order valence-corrected chi connectivity index (χ2v) is 4.01. The van der Waals surface area contributed by atoms with Gasteiger partial charge in [0.05, 0.1) is 30.1 Å². The Morgan fingerprint density at radius 3 is 2.84 bits per heavy atom. The highest BCUT2D eigenvalue weighted by molar-refractivity contribution is 6.09. The Morgan fingerprint density at radius 1 is 1.32 bits per heavy atom. The number of aromatic nitrogens is 1. The van der Waals surface area contributed by atoms with Crippen LogP contribution in [0.2, 0.25) is 0 Å². The maximum absolute atomic E-state index is 13.8. The predicted molar refractivity (Wildman–Crippen MR) is 67.3 cm³/mol. The largest absolute Gasteiger partial charge is 0.465 e. The van der Waals surface area contributed by atoms with Crippen molar-refractivity contribution in [1.29, 1.82) is 0 Å². The molecule has 0 atom stereocenters. The van der Waals surface area contributed by atoms with Gasteiger partial charge in [0, 0.05) is 5.39 Å². The van der Waals surface area contributed by atoms with Crippen LogP contribution in [0.3, 0.4) is 0 Å². The molecule has 4 nitrogen and oxygen atoms in total. The van der Waals surface area contributed by atoms with Crippen molar-refractivity contribution in [1.82, 2.24) is 4.98 Å². The number of hydrogen-bond acceptors (Lipinski definition) is 3. The molecule has 3 rings (SSSR count). The molecule has 0 radical (unpaired) electrons. The number of benzene rings is 1. The number of aromatic amines is 1. The minimum atomic E-state index is -0.539. The number of nitrogens with one attached hydrogen (secondary N) is 1. The number of methoxy groups -OCH3 is 1. The van der Waals surface area contributed by atoms with Crippen LogP contribution < -0.4 is 0 Å². The fraction of sp³-hybridized carbons (Fsp3) is 0.0714. The van der Waals surface area contributed by atoms with Gasteiger partial charge >= 0.3 is 5.97 Å². The second-order valence-electron chi connectivity index (χ2n) is 4.01. The molecule has 19 heavy (non-hydrogen) atoms. The number of ether oxygens (including phenoxy) is 1. The molecule has 1 aromatic carbocycles. The number of halogens is 1. The van der Waals surface area contributed by atoms with Gasteiger partial charge in [0.15, 0.2) is 5.76 Å². The summed E-state index contributed by atoms with van der Waals surface area (Å²) in [6.45, 7) is 0. The summed E-state index contributed by atoms with van der Waals surface area (Å²) in [5.74, 6) is -0.514. The van der Waals surface area contributed by atoms with E-state index < -0.39 is 11.8 Å². The summed E-state index contributed by atoms with van der Waals surface area (Å²) in [6.07, 6.45) is 1.48. The van der Waals surface area contributed by atoms with Gasteiger partial charge in [-0.25, -0.2) is 9.18 Å². The lowest BCUT2D eigenvalue weighted by Gasteiger charge is -2.00. The third-order valence-electron chi connectivity index (χ3n) is 2.94. The molecule has 0 amide bonds. The highest BCUT2D eigenvalue weighted by Crippen LogP contribution is 2.32. The van der Waals surface area contributed by atoms with E-state index in [0.29, 0.717) is 16.8 Å². The van der Waals surface area contributed by atoms with Crippen LogP contribution in [0.1, 0.15) is 10.4 Å². The van der Waals surface area contributed by atoms with Crippen molar-refractivity contribution in [3.63, 3.8) is 0 Å². The number of hydrogen-bond donors (Lipinski definition) is 1. The first-order valence-electron chi connectivity index (χ1n) is 5.64. The summed E-state index contributed by atoms with van der Waals surface area (Å²) in [6, 6.07) is 7.91. The number of carbonyl (C=O) groups excluding carboxylic acids is 1. The van der Waals surface area contributed by atoms with Crippen LogP contribution in [0.15, 0.2) is 41.0 Å². The standard InChI is InChI=1S/C14H10FNO3/c1-18-14(17)11-8-4-2-5-9(15)12(8)16-13(11)10-6-3-7-19-10/h2-7,16H,1H3. The summed E-state index contributed by atoms with van der Waals surface area (Å²) in [5, 5.41) is 0.471. The van der Waals surface area contributed by atoms with Gasteiger partial charge in [-0.15, -0.1) is 0 Å². The van der Waals surface area contributed by atoms with E-state index in [1.54, 1.807) is 24.3 Å². The average molecular weight is 259 g/mol. The molecule has 96 valence electrons. The van der Waals surface area contributed by atoms with Crippen molar-refractivity contribution >= 4 is 16.9 Å². The van der Waals surface area contributed by atoms with Crippen molar-refractivity contribution in [2.75, 3.05) is 7.11 Å². The Balaban J connectivity index is 2.38. The lowest BCUT2D eigenvalue weighted by Crippen LogP contribution is -2.02. The minimum absolute atomic E-state index is 0.259. The molecule has 0 saturated heterocycles. The van der Waals surface area contributed by atoms with Crippen LogP contribution in [-0.2, 0) is 4.74 Å². The van der Waals surface area contributed by atoms with E-state index in [-0.39, 0.29) is 11.1 Å². The van der Waals surface area contributed by atoms with Gasteiger partial charge in [0.25, 0.3) is 0 Å². The van der Waals surface area contributed by atoms with Crippen molar-refractivity contribution in [3.05, 3.63) is 48.0 Å². The monoisotopic (exact) mass is 259 g/mol. The lowest BCUT2D eigenvalue weighted by atomic mass is 10.1. The summed E-state index contributed by atoms with van der Waals surface area (Å²) in [5.41, 5.74) is 0.943. The first-order valence-corrected chi connectivity index (χ1v) is 5.64. The number of furan rings is 1. The van der Waals surface area contributed by atoms with Crippen LogP contribution >= 0.6 is 0 Å². The molecule has 0 aliphatic carbocycles. The molecule has 2 heterocycles. The van der Waals surface area contributed by atoms with E-state index in [4.69, 9.17) is 9.15 Å². The third-order valence-corrected chi connectivity index (χ3v) is 2.94. The molecule has 5 heteroatoms. The van der Waals surface area contributed by atoms with Crippen molar-refractivity contribution in [2.24, 2.45) is 0 Å². The average Bonchev–Trinajstić information content (AvgIpc) is 3.05. The smallest absolute Gasteiger partial charge is 0.340 e. The van der Waals surface area contributed by atoms with Gasteiger partial charge < -0.3 is 14.1 Å². The molecule has 0 unspecified atom stereocenters. The van der Waals surface area contributed by atoms with Crippen molar-refractivity contribution in [3.8, 4) is 11.5 Å². The zero-order valence-corrected chi connectivity index (χ0v) is 10.1. The SMILES string of the molecule is COC(=O)c1c(-c2ccco2)[nH]c2c(F)cccc12. The van der Waals surface area contributed by atoms with Crippen molar-refractivity contribution < 1.29 is 18.3 Å². The number of H-pyrrole nitrogens is 1. The predicted octanol–water partition coefficient (Wildman–Crippen LogP) is 3.35. The summed E-state index contributed by atoms with van der Waals surface area (Å²) >= 11 is 0. The van der Waals surface area contributed by atoms with E-state index in [1.807, 2.05) is 0 Å². The first-order chi connectivity index (χ1) is 9.22. The molecule has 0 saturated carbocycles. The zero-order valence-electron chi connectivity index (χ0n) is 10.1. The normalized spacial score (nSPS) is 10.8. The first kappa shape index (κ1) is 11.5. The Kier molecular flexibility index (Phi) is 2.59. The van der Waals surface area contributed by atoms with Gasteiger partial charge in [-0.1, -0.05) is 12.1 Å². The molecule has 0 aliphatic heterocycles. The highest BCUT2D eigenvalue weighted by Gasteiger charge is 2.22. The summed E-state index contributed by atoms with van der Waals surface area (Å²) in [4.78, 5) is 14.8. The van der Waals surface area contributed by atoms with E-state index in [9.17, 15) is 9.18 Å². The Hall–Kier alpha value is -2.56. The number of para-hydroxylation sites is 1. The molecule has 3 aromatic rings. The second kappa shape index (κ2) is 4.28. The quantitative estimate of drug-likeness (QED) is 0.718. The molecular formula is C14H10FNO3. The molecule has 0 aliphatic rings. The molecular weight excluding hydrogens is 249 g/mol. The van der Waals surface area contributed by atoms with Crippen LogP contribution in [0, 0.1) is 5.82 Å². The Bertz CT molecular complexity index is 743. The van der Waals surface area contributed by atoms with Crippen LogP contribution in [0.5, 0.6) is 0 Å². The molecule has 2 aromatic heterocycles. The van der Waals surface area contributed by atoms with E-state index >= 15 is 0 Å². The maximum Gasteiger partial charge on any atom is 0.340 e. The van der Waals surface area contributed by atoms with E-state index in [2.05, 4.69) is 4.98 Å². The lowest BCUT2D eigenvalue weighted by molar-refractivity contribution is 0.0603. The Labute approximate surface area is 107 Å². The topological polar surface area (TPSA) is 55.2 Å².